The van der Waals surface area contributed by atoms with Gasteiger partial charge in [0.1, 0.15) is 9.88 Å². The predicted octanol–water partition coefficient (Wildman–Crippen LogP) is 2.76. The second-order valence-electron chi connectivity index (χ2n) is 4.15. The minimum Gasteiger partial charge on any atom is -0.393 e. The fraction of sp³-hybridized carbons (Fsp3) is 0.385. The maximum Gasteiger partial charge on any atom is 0.263 e. The van der Waals surface area contributed by atoms with Crippen LogP contribution in [0.3, 0.4) is 0 Å². The lowest BCUT2D eigenvalue weighted by atomic mass is 10.2. The second kappa shape index (κ2) is 6.79. The van der Waals surface area contributed by atoms with Crippen LogP contribution in [0.4, 0.5) is 0 Å². The van der Waals surface area contributed by atoms with Crippen molar-refractivity contribution in [1.82, 2.24) is 10.3 Å². The molecular formula is C13H16N2O2S2. The van der Waals surface area contributed by atoms with Crippen LogP contribution >= 0.6 is 22.7 Å². The summed E-state index contributed by atoms with van der Waals surface area (Å²) in [4.78, 5) is 16.7. The molecule has 1 amide bonds. The molecule has 6 heteroatoms. The van der Waals surface area contributed by atoms with Crippen LogP contribution in [0.1, 0.15) is 29.4 Å². The Labute approximate surface area is 120 Å². The fourth-order valence-corrected chi connectivity index (χ4v) is 3.09. The smallest absolute Gasteiger partial charge is 0.263 e. The number of aromatic nitrogens is 1. The van der Waals surface area contributed by atoms with Crippen molar-refractivity contribution in [2.24, 2.45) is 0 Å². The summed E-state index contributed by atoms with van der Waals surface area (Å²) in [6.45, 7) is 2.41. The van der Waals surface area contributed by atoms with Gasteiger partial charge in [-0.25, -0.2) is 4.98 Å². The molecule has 0 saturated carbocycles. The van der Waals surface area contributed by atoms with E-state index in [4.69, 9.17) is 0 Å². The number of carbonyl (C=O) groups excluding carboxylic acids is 1. The Bertz CT molecular complexity index is 522. The third-order valence-electron chi connectivity index (χ3n) is 2.73. The van der Waals surface area contributed by atoms with Gasteiger partial charge in [-0.3, -0.25) is 4.79 Å². The second-order valence-corrected chi connectivity index (χ2v) is 5.96. The molecule has 102 valence electrons. The Morgan fingerprint density at radius 1 is 1.58 bits per heavy atom. The number of rotatable bonds is 6. The van der Waals surface area contributed by atoms with Crippen LogP contribution in [-0.4, -0.2) is 28.6 Å². The molecule has 0 aliphatic heterocycles. The van der Waals surface area contributed by atoms with Crippen molar-refractivity contribution in [2.75, 3.05) is 6.54 Å². The molecule has 0 aliphatic carbocycles. The van der Waals surface area contributed by atoms with Crippen LogP contribution < -0.4 is 5.32 Å². The van der Waals surface area contributed by atoms with E-state index < -0.39 is 0 Å². The van der Waals surface area contributed by atoms with Gasteiger partial charge in [-0.15, -0.1) is 11.3 Å². The molecule has 0 aliphatic rings. The van der Waals surface area contributed by atoms with Gasteiger partial charge in [0.2, 0.25) is 0 Å². The number of carbonyl (C=O) groups is 1. The molecular weight excluding hydrogens is 280 g/mol. The molecule has 2 aromatic heterocycles. The predicted molar refractivity (Wildman–Crippen MR) is 78.7 cm³/mol. The molecule has 1 atom stereocenters. The molecule has 2 aromatic rings. The number of aliphatic hydroxyl groups is 1. The summed E-state index contributed by atoms with van der Waals surface area (Å²) in [6, 6.07) is 1.99. The fourth-order valence-electron chi connectivity index (χ4n) is 1.54. The van der Waals surface area contributed by atoms with Crippen LogP contribution in [0, 0.1) is 0 Å². The van der Waals surface area contributed by atoms with Gasteiger partial charge in [-0.2, -0.15) is 11.3 Å². The monoisotopic (exact) mass is 296 g/mol. The van der Waals surface area contributed by atoms with Crippen LogP contribution in [0.25, 0.3) is 10.6 Å². The lowest BCUT2D eigenvalue weighted by Crippen LogP contribution is -2.26. The molecule has 0 aromatic carbocycles. The average Bonchev–Trinajstić information content (AvgIpc) is 3.08. The first-order valence-corrected chi connectivity index (χ1v) is 7.91. The van der Waals surface area contributed by atoms with Gasteiger partial charge < -0.3 is 10.4 Å². The third kappa shape index (κ3) is 3.86. The summed E-state index contributed by atoms with van der Waals surface area (Å²) in [7, 11) is 0. The van der Waals surface area contributed by atoms with Crippen molar-refractivity contribution in [1.29, 1.82) is 0 Å². The summed E-state index contributed by atoms with van der Waals surface area (Å²) in [5.74, 6) is -0.123. The van der Waals surface area contributed by atoms with Crippen molar-refractivity contribution in [3.8, 4) is 10.6 Å². The van der Waals surface area contributed by atoms with Gasteiger partial charge >= 0.3 is 0 Å². The summed E-state index contributed by atoms with van der Waals surface area (Å²) in [5, 5.41) is 17.1. The van der Waals surface area contributed by atoms with Crippen molar-refractivity contribution in [2.45, 2.75) is 25.9 Å². The van der Waals surface area contributed by atoms with Crippen LogP contribution in [-0.2, 0) is 0 Å². The third-order valence-corrected chi connectivity index (χ3v) is 4.46. The van der Waals surface area contributed by atoms with Crippen LogP contribution in [0.15, 0.2) is 23.0 Å². The summed E-state index contributed by atoms with van der Waals surface area (Å²) < 4.78 is 0. The highest BCUT2D eigenvalue weighted by molar-refractivity contribution is 7.17. The van der Waals surface area contributed by atoms with E-state index in [0.29, 0.717) is 24.3 Å². The highest BCUT2D eigenvalue weighted by Crippen LogP contribution is 2.26. The van der Waals surface area contributed by atoms with E-state index in [9.17, 15) is 9.90 Å². The molecule has 0 fully saturated rings. The zero-order chi connectivity index (χ0) is 13.7. The average molecular weight is 296 g/mol. The van der Waals surface area contributed by atoms with Crippen LogP contribution in [0.5, 0.6) is 0 Å². The molecule has 2 rings (SSSR count). The van der Waals surface area contributed by atoms with E-state index in [2.05, 4.69) is 10.3 Å². The Kier molecular flexibility index (Phi) is 5.07. The number of hydrogen-bond donors (Lipinski definition) is 2. The number of nitrogens with zero attached hydrogens (tertiary/aromatic N) is 1. The Hall–Kier alpha value is -1.24. The Morgan fingerprint density at radius 2 is 2.42 bits per heavy atom. The van der Waals surface area contributed by atoms with Crippen molar-refractivity contribution in [3.05, 3.63) is 27.9 Å². The molecule has 2 N–H and O–H groups in total. The lowest BCUT2D eigenvalue weighted by Gasteiger charge is -2.07. The van der Waals surface area contributed by atoms with Gasteiger partial charge in [0, 0.05) is 17.5 Å². The minimum absolute atomic E-state index is 0.123. The standard InChI is InChI=1S/C13H16N2O2S2/c1-2-10(16)3-5-14-12(17)11-7-15-13(19-11)9-4-6-18-8-9/h4,6-8,10,16H,2-3,5H2,1H3,(H,14,17). The van der Waals surface area contributed by atoms with Crippen LogP contribution in [0.2, 0.25) is 0 Å². The van der Waals surface area contributed by atoms with Crippen molar-refractivity contribution >= 4 is 28.6 Å². The first-order valence-electron chi connectivity index (χ1n) is 6.15. The van der Waals surface area contributed by atoms with Gasteiger partial charge in [-0.1, -0.05) is 6.92 Å². The normalized spacial score (nSPS) is 12.3. The van der Waals surface area contributed by atoms with E-state index in [-0.39, 0.29) is 12.0 Å². The van der Waals surface area contributed by atoms with E-state index in [1.807, 2.05) is 23.8 Å². The zero-order valence-electron chi connectivity index (χ0n) is 10.6. The minimum atomic E-state index is -0.344. The number of thiophene rings is 1. The summed E-state index contributed by atoms with van der Waals surface area (Å²) in [5.41, 5.74) is 1.05. The van der Waals surface area contributed by atoms with Gasteiger partial charge in [0.15, 0.2) is 0 Å². The molecule has 0 spiro atoms. The number of nitrogens with one attached hydrogen (secondary N) is 1. The first kappa shape index (κ1) is 14.2. The maximum atomic E-state index is 11.9. The topological polar surface area (TPSA) is 62.2 Å². The van der Waals surface area contributed by atoms with Gasteiger partial charge in [0.25, 0.3) is 5.91 Å². The zero-order valence-corrected chi connectivity index (χ0v) is 12.3. The molecule has 0 radical (unpaired) electrons. The molecule has 1 unspecified atom stereocenters. The molecule has 0 saturated heterocycles. The Morgan fingerprint density at radius 3 is 3.11 bits per heavy atom. The van der Waals surface area contributed by atoms with E-state index in [1.54, 1.807) is 17.5 Å². The lowest BCUT2D eigenvalue weighted by molar-refractivity contribution is 0.0946. The highest BCUT2D eigenvalue weighted by atomic mass is 32.1. The number of thiazole rings is 1. The van der Waals surface area contributed by atoms with Gasteiger partial charge in [-0.05, 0) is 24.3 Å². The largest absolute Gasteiger partial charge is 0.393 e. The van der Waals surface area contributed by atoms with E-state index >= 15 is 0 Å². The molecule has 2 heterocycles. The highest BCUT2D eigenvalue weighted by Gasteiger charge is 2.12. The van der Waals surface area contributed by atoms with Crippen molar-refractivity contribution in [3.63, 3.8) is 0 Å². The van der Waals surface area contributed by atoms with E-state index in [0.717, 1.165) is 10.6 Å². The summed E-state index contributed by atoms with van der Waals surface area (Å²) >= 11 is 2.99. The molecule has 0 bridgehead atoms. The maximum absolute atomic E-state index is 11.9. The quantitative estimate of drug-likeness (QED) is 0.861. The summed E-state index contributed by atoms with van der Waals surface area (Å²) in [6.07, 6.45) is 2.54. The van der Waals surface area contributed by atoms with Gasteiger partial charge in [0.05, 0.1) is 12.3 Å². The van der Waals surface area contributed by atoms with E-state index in [1.165, 1.54) is 11.3 Å². The SMILES string of the molecule is CCC(O)CCNC(=O)c1cnc(-c2ccsc2)s1. The molecule has 19 heavy (non-hydrogen) atoms. The first-order chi connectivity index (χ1) is 9.20. The Balaban J connectivity index is 1.90. The number of aliphatic hydroxyl groups excluding tert-OH is 1. The molecule has 4 nitrogen and oxygen atoms in total. The van der Waals surface area contributed by atoms with Crippen molar-refractivity contribution < 1.29 is 9.90 Å². The number of amides is 1. The number of hydrogen-bond acceptors (Lipinski definition) is 5.